The van der Waals surface area contributed by atoms with Gasteiger partial charge in [0.25, 0.3) is 0 Å². The van der Waals surface area contributed by atoms with Crippen LogP contribution in [0, 0.1) is 28.6 Å². The molecule has 0 unspecified atom stereocenters. The van der Waals surface area contributed by atoms with Gasteiger partial charge in [0, 0.05) is 16.7 Å². The molecule has 8 nitrogen and oxygen atoms in total. The van der Waals surface area contributed by atoms with E-state index >= 15 is 4.39 Å². The van der Waals surface area contributed by atoms with E-state index < -0.39 is 58.6 Å². The Bertz CT molecular complexity index is 1000. The summed E-state index contributed by atoms with van der Waals surface area (Å²) in [5.41, 5.74) is -0.139. The van der Waals surface area contributed by atoms with E-state index in [0.717, 1.165) is 0 Å². The van der Waals surface area contributed by atoms with Crippen molar-refractivity contribution in [2.75, 3.05) is 19.8 Å². The molecular weight excluding hydrogens is 505 g/mol. The fourth-order valence-corrected chi connectivity index (χ4v) is 7.82. The molecule has 4 N–H and O–H groups in total. The van der Waals surface area contributed by atoms with E-state index in [9.17, 15) is 24.6 Å². The molecule has 0 aliphatic heterocycles. The number of halogens is 2. The minimum absolute atomic E-state index is 0. The van der Waals surface area contributed by atoms with Crippen LogP contribution in [-0.2, 0) is 19.1 Å². The second-order valence-corrected chi connectivity index (χ2v) is 11.5. The van der Waals surface area contributed by atoms with E-state index in [-0.39, 0.29) is 37.1 Å². The van der Waals surface area contributed by atoms with Crippen molar-refractivity contribution in [2.45, 2.75) is 76.7 Å². The summed E-state index contributed by atoms with van der Waals surface area (Å²) < 4.78 is 27.1. The Morgan fingerprint density at radius 3 is 2.59 bits per heavy atom. The van der Waals surface area contributed by atoms with Gasteiger partial charge in [-0.1, -0.05) is 25.5 Å². The normalized spacial score (nSPS) is 42.0. The molecule has 3 fully saturated rings. The number of hydrogen-bond acceptors (Lipinski definition) is 8. The maximum atomic E-state index is 17.2. The van der Waals surface area contributed by atoms with Crippen LogP contribution in [0.3, 0.4) is 0 Å². The number of aliphatic hydroxyl groups excluding tert-OH is 1. The number of rotatable bonds is 7. The molecule has 37 heavy (non-hydrogen) atoms. The van der Waals surface area contributed by atoms with Gasteiger partial charge in [0.2, 0.25) is 5.78 Å². The lowest BCUT2D eigenvalue weighted by atomic mass is 9.44. The van der Waals surface area contributed by atoms with Gasteiger partial charge in [-0.15, -0.1) is 12.4 Å². The fraction of sp³-hybridized carbons (Fsp3) is 0.741. The van der Waals surface area contributed by atoms with Gasteiger partial charge in [0.1, 0.15) is 5.60 Å². The molecular formula is C27H39ClFNO7. The van der Waals surface area contributed by atoms with Crippen LogP contribution in [-0.4, -0.2) is 65.1 Å². The molecule has 0 radical (unpaired) electrons. The second kappa shape index (κ2) is 10.4. The number of ketones is 2. The van der Waals surface area contributed by atoms with Gasteiger partial charge in [-0.2, -0.15) is 0 Å². The average molecular weight is 544 g/mol. The Kier molecular flexibility index (Phi) is 8.36. The number of carbonyl (C=O) groups excluding carboxylic acids is 3. The first-order chi connectivity index (χ1) is 16.9. The van der Waals surface area contributed by atoms with Crippen LogP contribution in [0.5, 0.6) is 0 Å². The van der Waals surface area contributed by atoms with Crippen LogP contribution < -0.4 is 5.73 Å². The van der Waals surface area contributed by atoms with Crippen molar-refractivity contribution < 1.29 is 38.5 Å². The van der Waals surface area contributed by atoms with Gasteiger partial charge in [-0.25, -0.2) is 9.18 Å². The predicted octanol–water partition coefficient (Wildman–Crippen LogP) is 3.22. The molecule has 10 heteroatoms. The standard InChI is InChI=1S/C27H38FNO7.ClH/c1-16-12-20-19-7-6-17-13-18(30)8-9-24(17,2)26(19,28)21(31)14-25(20,3)27(16,34)22(32)15-36-23(33)35-11-5-4-10-29;/h8-9,13,16,19-21,31,34H,4-7,10-12,14-15,29H2,1-3H3;1H/t16-,19-,20-,21-,24-,25-,26-,27-;/m0./s1. The average Bonchev–Trinajstić information content (AvgIpc) is 3.03. The van der Waals surface area contributed by atoms with Crippen molar-refractivity contribution in [3.63, 3.8) is 0 Å². The summed E-state index contributed by atoms with van der Waals surface area (Å²) in [6.07, 6.45) is 4.36. The summed E-state index contributed by atoms with van der Waals surface area (Å²) in [4.78, 5) is 37.2. The summed E-state index contributed by atoms with van der Waals surface area (Å²) in [6, 6.07) is 0. The minimum atomic E-state index is -2.05. The molecule has 0 bridgehead atoms. The van der Waals surface area contributed by atoms with Gasteiger partial charge >= 0.3 is 6.16 Å². The zero-order valence-corrected chi connectivity index (χ0v) is 22.5. The molecule has 0 amide bonds. The summed E-state index contributed by atoms with van der Waals surface area (Å²) in [5.74, 6) is -2.41. The van der Waals surface area contributed by atoms with Gasteiger partial charge in [-0.3, -0.25) is 9.59 Å². The number of unbranched alkanes of at least 4 members (excludes halogenated alkanes) is 1. The van der Waals surface area contributed by atoms with Crippen LogP contribution in [0.25, 0.3) is 0 Å². The second-order valence-electron chi connectivity index (χ2n) is 11.5. The lowest BCUT2D eigenvalue weighted by molar-refractivity contribution is -0.219. The number of carbonyl (C=O) groups is 3. The van der Waals surface area contributed by atoms with Crippen LogP contribution in [0.2, 0.25) is 0 Å². The summed E-state index contributed by atoms with van der Waals surface area (Å²) in [5, 5.41) is 23.2. The van der Waals surface area contributed by atoms with E-state index in [1.807, 2.05) is 0 Å². The minimum Gasteiger partial charge on any atom is -0.434 e. The van der Waals surface area contributed by atoms with Crippen molar-refractivity contribution in [2.24, 2.45) is 34.3 Å². The number of aliphatic hydroxyl groups is 2. The molecule has 0 heterocycles. The third-order valence-electron chi connectivity index (χ3n) is 9.79. The molecule has 0 spiro atoms. The maximum absolute atomic E-state index is 17.2. The number of fused-ring (bicyclic) bond motifs is 5. The number of hydrogen-bond donors (Lipinski definition) is 3. The summed E-state index contributed by atoms with van der Waals surface area (Å²) in [7, 11) is 0. The Morgan fingerprint density at radius 2 is 1.92 bits per heavy atom. The highest BCUT2D eigenvalue weighted by molar-refractivity contribution is 6.01. The molecule has 0 aromatic carbocycles. The van der Waals surface area contributed by atoms with E-state index in [2.05, 4.69) is 0 Å². The van der Waals surface area contributed by atoms with Gasteiger partial charge in [0.05, 0.1) is 12.7 Å². The highest BCUT2D eigenvalue weighted by atomic mass is 35.5. The molecule has 4 rings (SSSR count). The van der Waals surface area contributed by atoms with Crippen LogP contribution in [0.1, 0.15) is 59.3 Å². The van der Waals surface area contributed by atoms with Crippen molar-refractivity contribution in [1.82, 2.24) is 0 Å². The quantitative estimate of drug-likeness (QED) is 0.329. The van der Waals surface area contributed by atoms with E-state index in [1.54, 1.807) is 26.8 Å². The van der Waals surface area contributed by atoms with Gasteiger partial charge in [0.15, 0.2) is 18.1 Å². The number of alkyl halides is 1. The maximum Gasteiger partial charge on any atom is 0.508 e. The number of allylic oxidation sites excluding steroid dienone is 4. The number of Topliss-reactive ketones (excluding diaryl/α,β-unsaturated/α-hetero) is 1. The van der Waals surface area contributed by atoms with Crippen molar-refractivity contribution in [3.8, 4) is 0 Å². The topological polar surface area (TPSA) is 136 Å². The van der Waals surface area contributed by atoms with Crippen molar-refractivity contribution >= 4 is 30.1 Å². The van der Waals surface area contributed by atoms with Crippen LogP contribution >= 0.6 is 12.4 Å². The molecule has 0 aromatic rings. The Labute approximate surface area is 223 Å². The Morgan fingerprint density at radius 1 is 1.22 bits per heavy atom. The molecule has 4 aliphatic rings. The molecule has 208 valence electrons. The summed E-state index contributed by atoms with van der Waals surface area (Å²) in [6.45, 7) is 5.12. The first-order valence-electron chi connectivity index (χ1n) is 12.9. The molecule has 0 saturated heterocycles. The predicted molar refractivity (Wildman–Crippen MR) is 136 cm³/mol. The highest BCUT2D eigenvalue weighted by Gasteiger charge is 2.75. The molecule has 3 saturated carbocycles. The largest absolute Gasteiger partial charge is 0.508 e. The number of nitrogens with two attached hydrogens (primary N) is 1. The van der Waals surface area contributed by atoms with E-state index in [4.69, 9.17) is 15.2 Å². The van der Waals surface area contributed by atoms with E-state index in [0.29, 0.717) is 44.2 Å². The zero-order chi connectivity index (χ0) is 26.5. The smallest absolute Gasteiger partial charge is 0.434 e. The Balaban J connectivity index is 0.00000380. The molecule has 4 aliphatic carbocycles. The SMILES string of the molecule is C[C@H]1C[C@H]2[C@@H]3CCC4=CC(=O)C=C[C@]4(C)[C@@]3(F)[C@@H](O)C[C@]2(C)[C@@]1(O)C(=O)COC(=O)OCCCCN.Cl. The van der Waals surface area contributed by atoms with Crippen molar-refractivity contribution in [3.05, 3.63) is 23.8 Å². The van der Waals surface area contributed by atoms with Crippen molar-refractivity contribution in [1.29, 1.82) is 0 Å². The third kappa shape index (κ3) is 4.26. The highest BCUT2D eigenvalue weighted by Crippen LogP contribution is 2.70. The Hall–Kier alpha value is -1.81. The lowest BCUT2D eigenvalue weighted by Gasteiger charge is -2.62. The fourth-order valence-electron chi connectivity index (χ4n) is 7.82. The summed E-state index contributed by atoms with van der Waals surface area (Å²) >= 11 is 0. The molecule has 8 atom stereocenters. The third-order valence-corrected chi connectivity index (χ3v) is 9.79. The molecule has 0 aromatic heterocycles. The van der Waals surface area contributed by atoms with E-state index in [1.165, 1.54) is 12.2 Å². The number of ether oxygens (including phenoxy) is 2. The lowest BCUT2D eigenvalue weighted by Crippen LogP contribution is -2.69. The van der Waals surface area contributed by atoms with Gasteiger partial charge < -0.3 is 25.4 Å². The van der Waals surface area contributed by atoms with Crippen LogP contribution in [0.15, 0.2) is 23.8 Å². The van der Waals surface area contributed by atoms with Gasteiger partial charge in [-0.05, 0) is 76.0 Å². The first kappa shape index (κ1) is 29.7. The monoisotopic (exact) mass is 543 g/mol. The first-order valence-corrected chi connectivity index (χ1v) is 12.9. The zero-order valence-electron chi connectivity index (χ0n) is 21.7. The van der Waals surface area contributed by atoms with Crippen LogP contribution in [0.4, 0.5) is 9.18 Å².